The zero-order chi connectivity index (χ0) is 14.8. The lowest BCUT2D eigenvalue weighted by Gasteiger charge is -2.13. The number of hydrogen-bond donors (Lipinski definition) is 1. The third kappa shape index (κ3) is 3.25. The number of benzene rings is 2. The second kappa shape index (κ2) is 6.38. The van der Waals surface area contributed by atoms with E-state index in [0.29, 0.717) is 13.2 Å². The van der Waals surface area contributed by atoms with Gasteiger partial charge in [-0.15, -0.1) is 0 Å². The molecule has 0 saturated heterocycles. The van der Waals surface area contributed by atoms with E-state index >= 15 is 0 Å². The Morgan fingerprint density at radius 1 is 1.10 bits per heavy atom. The van der Waals surface area contributed by atoms with Gasteiger partial charge in [-0.2, -0.15) is 0 Å². The highest BCUT2D eigenvalue weighted by Crippen LogP contribution is 2.34. The molecule has 0 unspecified atom stereocenters. The second-order valence-corrected chi connectivity index (χ2v) is 6.73. The average Bonchev–Trinajstić information content (AvgIpc) is 2.93. The van der Waals surface area contributed by atoms with Gasteiger partial charge in [0, 0.05) is 33.0 Å². The molecule has 0 spiro atoms. The average molecular weight is 413 g/mol. The Morgan fingerprint density at radius 2 is 1.90 bits per heavy atom. The zero-order valence-electron chi connectivity index (χ0n) is 11.4. The van der Waals surface area contributed by atoms with E-state index in [-0.39, 0.29) is 0 Å². The van der Waals surface area contributed by atoms with Gasteiger partial charge in [0.2, 0.25) is 0 Å². The normalized spacial score (nSPS) is 12.9. The molecule has 0 bridgehead atoms. The van der Waals surface area contributed by atoms with Gasteiger partial charge >= 0.3 is 0 Å². The van der Waals surface area contributed by atoms with Crippen molar-refractivity contribution in [2.24, 2.45) is 5.73 Å². The largest absolute Gasteiger partial charge is 0.493 e. The number of nitrogens with two attached hydrogens (primary N) is 1. The molecule has 1 heterocycles. The molecule has 0 saturated carbocycles. The Morgan fingerprint density at radius 3 is 2.71 bits per heavy atom. The van der Waals surface area contributed by atoms with Crippen molar-refractivity contribution in [2.45, 2.75) is 19.6 Å². The van der Waals surface area contributed by atoms with Gasteiger partial charge in [0.1, 0.15) is 18.1 Å². The maximum absolute atomic E-state index is 5.95. The van der Waals surface area contributed by atoms with Crippen LogP contribution in [0.3, 0.4) is 0 Å². The first-order valence-corrected chi connectivity index (χ1v) is 8.31. The monoisotopic (exact) mass is 411 g/mol. The summed E-state index contributed by atoms with van der Waals surface area (Å²) in [6, 6.07) is 10.0. The van der Waals surface area contributed by atoms with Crippen LogP contribution in [0.25, 0.3) is 0 Å². The van der Waals surface area contributed by atoms with Crippen molar-refractivity contribution in [2.75, 3.05) is 6.61 Å². The summed E-state index contributed by atoms with van der Waals surface area (Å²) in [5.41, 5.74) is 9.05. The van der Waals surface area contributed by atoms with Crippen LogP contribution in [-0.2, 0) is 19.6 Å². The molecule has 21 heavy (non-hydrogen) atoms. The van der Waals surface area contributed by atoms with Crippen LogP contribution in [-0.4, -0.2) is 6.61 Å². The zero-order valence-corrected chi connectivity index (χ0v) is 14.5. The molecule has 0 atom stereocenters. The minimum Gasteiger partial charge on any atom is -0.493 e. The van der Waals surface area contributed by atoms with Crippen molar-refractivity contribution in [3.05, 3.63) is 56.0 Å². The molecule has 2 aromatic rings. The van der Waals surface area contributed by atoms with E-state index in [2.05, 4.69) is 37.9 Å². The van der Waals surface area contributed by atoms with Crippen molar-refractivity contribution in [1.29, 1.82) is 0 Å². The maximum Gasteiger partial charge on any atom is 0.129 e. The first kappa shape index (κ1) is 14.9. The van der Waals surface area contributed by atoms with Crippen molar-refractivity contribution < 1.29 is 9.47 Å². The van der Waals surface area contributed by atoms with Crippen LogP contribution in [0, 0.1) is 0 Å². The van der Waals surface area contributed by atoms with E-state index in [1.165, 1.54) is 5.56 Å². The quantitative estimate of drug-likeness (QED) is 0.818. The molecule has 5 heteroatoms. The molecule has 0 radical (unpaired) electrons. The van der Waals surface area contributed by atoms with Crippen LogP contribution in [0.2, 0.25) is 0 Å². The minimum absolute atomic E-state index is 0.446. The summed E-state index contributed by atoms with van der Waals surface area (Å²) >= 11 is 6.99. The molecule has 1 aliphatic rings. The predicted molar refractivity (Wildman–Crippen MR) is 89.7 cm³/mol. The number of halogens is 2. The lowest BCUT2D eigenvalue weighted by atomic mass is 10.1. The SMILES string of the molecule is NCc1cc(Br)ccc1OCc1cc(Br)cc2c1OCC2. The Bertz CT molecular complexity index is 674. The lowest BCUT2D eigenvalue weighted by Crippen LogP contribution is -2.04. The van der Waals surface area contributed by atoms with E-state index < -0.39 is 0 Å². The molecule has 2 aromatic carbocycles. The topological polar surface area (TPSA) is 44.5 Å². The third-order valence-corrected chi connectivity index (χ3v) is 4.40. The van der Waals surface area contributed by atoms with Crippen LogP contribution in [0.15, 0.2) is 39.3 Å². The molecule has 0 aromatic heterocycles. The second-order valence-electron chi connectivity index (χ2n) is 4.90. The molecule has 110 valence electrons. The number of hydrogen-bond acceptors (Lipinski definition) is 3. The lowest BCUT2D eigenvalue weighted by molar-refractivity contribution is 0.289. The molecule has 0 aliphatic carbocycles. The van der Waals surface area contributed by atoms with Gasteiger partial charge in [0.15, 0.2) is 0 Å². The van der Waals surface area contributed by atoms with Crippen molar-refractivity contribution >= 4 is 31.9 Å². The van der Waals surface area contributed by atoms with Crippen molar-refractivity contribution in [3.8, 4) is 11.5 Å². The van der Waals surface area contributed by atoms with E-state index in [1.54, 1.807) is 0 Å². The number of fused-ring (bicyclic) bond motifs is 1. The van der Waals surface area contributed by atoms with Crippen LogP contribution in [0.1, 0.15) is 16.7 Å². The Labute approximate surface area is 140 Å². The van der Waals surface area contributed by atoms with Gasteiger partial charge in [0.05, 0.1) is 6.61 Å². The fraction of sp³-hybridized carbons (Fsp3) is 0.250. The summed E-state index contributed by atoms with van der Waals surface area (Å²) in [5, 5.41) is 0. The van der Waals surface area contributed by atoms with Crippen LogP contribution >= 0.6 is 31.9 Å². The van der Waals surface area contributed by atoms with Gasteiger partial charge < -0.3 is 15.2 Å². The maximum atomic E-state index is 5.95. The van der Waals surface area contributed by atoms with E-state index in [9.17, 15) is 0 Å². The molecule has 1 aliphatic heterocycles. The molecular formula is C16H15Br2NO2. The molecule has 3 nitrogen and oxygen atoms in total. The molecule has 2 N–H and O–H groups in total. The number of rotatable bonds is 4. The first-order valence-electron chi connectivity index (χ1n) is 6.73. The molecular weight excluding hydrogens is 398 g/mol. The van der Waals surface area contributed by atoms with Crippen molar-refractivity contribution in [3.63, 3.8) is 0 Å². The minimum atomic E-state index is 0.446. The highest BCUT2D eigenvalue weighted by atomic mass is 79.9. The summed E-state index contributed by atoms with van der Waals surface area (Å²) in [6.07, 6.45) is 0.952. The number of ether oxygens (including phenoxy) is 2. The summed E-state index contributed by atoms with van der Waals surface area (Å²) in [5.74, 6) is 1.78. The van der Waals surface area contributed by atoms with E-state index in [1.807, 2.05) is 24.3 Å². The van der Waals surface area contributed by atoms with Gasteiger partial charge in [-0.05, 0) is 35.9 Å². The summed E-state index contributed by atoms with van der Waals surface area (Å²) in [4.78, 5) is 0. The predicted octanol–water partition coefficient (Wildman–Crippen LogP) is 4.18. The standard InChI is InChI=1S/C16H15Br2NO2/c17-13-1-2-15(11(6-13)8-19)21-9-12-7-14(18)5-10-3-4-20-16(10)12/h1-2,5-7H,3-4,8-9,19H2. The fourth-order valence-electron chi connectivity index (χ4n) is 2.46. The summed E-state index contributed by atoms with van der Waals surface area (Å²) in [7, 11) is 0. The van der Waals surface area contributed by atoms with Crippen LogP contribution < -0.4 is 15.2 Å². The molecule has 3 rings (SSSR count). The van der Waals surface area contributed by atoms with E-state index in [4.69, 9.17) is 15.2 Å². The van der Waals surface area contributed by atoms with Gasteiger partial charge in [0.25, 0.3) is 0 Å². The summed E-state index contributed by atoms with van der Waals surface area (Å²) < 4.78 is 13.7. The molecule has 0 amide bonds. The Kier molecular flexibility index (Phi) is 4.52. The van der Waals surface area contributed by atoms with Crippen LogP contribution in [0.4, 0.5) is 0 Å². The Balaban J connectivity index is 1.83. The third-order valence-electron chi connectivity index (χ3n) is 3.45. The molecule has 0 fully saturated rings. The van der Waals surface area contributed by atoms with Gasteiger partial charge in [-0.1, -0.05) is 31.9 Å². The first-order chi connectivity index (χ1) is 10.2. The van der Waals surface area contributed by atoms with Crippen LogP contribution in [0.5, 0.6) is 11.5 Å². The Hall–Kier alpha value is -1.04. The van der Waals surface area contributed by atoms with Gasteiger partial charge in [-0.25, -0.2) is 0 Å². The highest BCUT2D eigenvalue weighted by molar-refractivity contribution is 9.10. The van der Waals surface area contributed by atoms with Gasteiger partial charge in [-0.3, -0.25) is 0 Å². The summed E-state index contributed by atoms with van der Waals surface area (Å²) in [6.45, 7) is 1.66. The van der Waals surface area contributed by atoms with Crippen molar-refractivity contribution in [1.82, 2.24) is 0 Å². The van der Waals surface area contributed by atoms with E-state index in [0.717, 1.165) is 44.6 Å². The highest BCUT2D eigenvalue weighted by Gasteiger charge is 2.18. The fourth-order valence-corrected chi connectivity index (χ4v) is 3.42. The smallest absolute Gasteiger partial charge is 0.129 e.